The number of hydrogen-bond donors (Lipinski definition) is 1. The zero-order valence-electron chi connectivity index (χ0n) is 17.4. The van der Waals surface area contributed by atoms with Gasteiger partial charge in [0, 0.05) is 51.6 Å². The van der Waals surface area contributed by atoms with Gasteiger partial charge in [-0.15, -0.1) is 0 Å². The van der Waals surface area contributed by atoms with Gasteiger partial charge in [-0.1, -0.05) is 12.1 Å². The lowest BCUT2D eigenvalue weighted by Crippen LogP contribution is -2.36. The third kappa shape index (κ3) is 4.29. The van der Waals surface area contributed by atoms with Crippen LogP contribution in [0, 0.1) is 0 Å². The SMILES string of the molecule is COCCCNc1nc(-c2ccc(N3CCOCC3)cc2)cc2ncn(C)c(=O)c12. The Hall–Kier alpha value is -2.97. The van der Waals surface area contributed by atoms with E-state index in [-0.39, 0.29) is 5.56 Å². The molecule has 0 amide bonds. The normalized spacial score (nSPS) is 14.3. The maximum Gasteiger partial charge on any atom is 0.264 e. The molecule has 0 saturated carbocycles. The number of ether oxygens (including phenoxy) is 2. The van der Waals surface area contributed by atoms with Gasteiger partial charge in [0.25, 0.3) is 5.56 Å². The number of nitrogens with zero attached hydrogens (tertiary/aromatic N) is 4. The van der Waals surface area contributed by atoms with E-state index < -0.39 is 0 Å². The van der Waals surface area contributed by atoms with Crippen molar-refractivity contribution in [3.05, 3.63) is 47.0 Å². The lowest BCUT2D eigenvalue weighted by atomic mass is 10.1. The van der Waals surface area contributed by atoms with Gasteiger partial charge in [-0.05, 0) is 24.6 Å². The van der Waals surface area contributed by atoms with Crippen molar-refractivity contribution in [2.45, 2.75) is 6.42 Å². The number of aryl methyl sites for hydroxylation is 1. The van der Waals surface area contributed by atoms with E-state index in [1.807, 2.05) is 6.07 Å². The van der Waals surface area contributed by atoms with Gasteiger partial charge in [0.1, 0.15) is 11.2 Å². The maximum atomic E-state index is 12.7. The first kappa shape index (κ1) is 20.3. The number of pyridine rings is 1. The van der Waals surface area contributed by atoms with Crippen LogP contribution in [-0.4, -0.2) is 61.1 Å². The summed E-state index contributed by atoms with van der Waals surface area (Å²) in [5, 5.41) is 3.80. The first-order valence-corrected chi connectivity index (χ1v) is 10.2. The predicted octanol–water partition coefficient (Wildman–Crippen LogP) is 2.28. The summed E-state index contributed by atoms with van der Waals surface area (Å²) in [6.45, 7) is 4.61. The van der Waals surface area contributed by atoms with E-state index in [2.05, 4.69) is 39.5 Å². The zero-order chi connectivity index (χ0) is 20.9. The molecule has 0 atom stereocenters. The Morgan fingerprint density at radius 3 is 2.70 bits per heavy atom. The summed E-state index contributed by atoms with van der Waals surface area (Å²) in [4.78, 5) is 24.3. The lowest BCUT2D eigenvalue weighted by Gasteiger charge is -2.28. The molecule has 1 aromatic carbocycles. The lowest BCUT2D eigenvalue weighted by molar-refractivity contribution is 0.122. The average Bonchev–Trinajstić information content (AvgIpc) is 2.79. The Morgan fingerprint density at radius 2 is 1.97 bits per heavy atom. The molecule has 3 aromatic rings. The molecule has 4 rings (SSSR count). The van der Waals surface area contributed by atoms with E-state index in [4.69, 9.17) is 14.5 Å². The number of hydrogen-bond acceptors (Lipinski definition) is 7. The average molecular weight is 409 g/mol. The number of morpholine rings is 1. The number of anilines is 2. The van der Waals surface area contributed by atoms with Gasteiger partial charge in [0.05, 0.1) is 30.8 Å². The van der Waals surface area contributed by atoms with E-state index in [1.165, 1.54) is 10.3 Å². The molecular weight excluding hydrogens is 382 g/mol. The zero-order valence-corrected chi connectivity index (χ0v) is 17.4. The molecule has 1 aliphatic heterocycles. The summed E-state index contributed by atoms with van der Waals surface area (Å²) in [7, 11) is 3.37. The highest BCUT2D eigenvalue weighted by molar-refractivity contribution is 5.91. The fourth-order valence-electron chi connectivity index (χ4n) is 3.59. The number of nitrogens with one attached hydrogen (secondary N) is 1. The minimum Gasteiger partial charge on any atom is -0.385 e. The third-order valence-corrected chi connectivity index (χ3v) is 5.26. The summed E-state index contributed by atoms with van der Waals surface area (Å²) in [5.74, 6) is 0.560. The molecule has 2 aromatic heterocycles. The van der Waals surface area contributed by atoms with Crippen LogP contribution in [0.2, 0.25) is 0 Å². The topological polar surface area (TPSA) is 81.5 Å². The minimum absolute atomic E-state index is 0.115. The van der Waals surface area contributed by atoms with Gasteiger partial charge in [-0.25, -0.2) is 9.97 Å². The van der Waals surface area contributed by atoms with Crippen molar-refractivity contribution in [1.82, 2.24) is 14.5 Å². The molecule has 0 aliphatic carbocycles. The number of methoxy groups -OCH3 is 1. The second kappa shape index (κ2) is 9.23. The molecule has 8 nitrogen and oxygen atoms in total. The number of rotatable bonds is 7. The molecule has 0 bridgehead atoms. The molecule has 1 N–H and O–H groups in total. The monoisotopic (exact) mass is 409 g/mol. The number of fused-ring (bicyclic) bond motifs is 1. The second-order valence-corrected chi connectivity index (χ2v) is 7.33. The first-order chi connectivity index (χ1) is 14.7. The van der Waals surface area contributed by atoms with Gasteiger partial charge >= 0.3 is 0 Å². The van der Waals surface area contributed by atoms with Crippen molar-refractivity contribution in [2.75, 3.05) is 56.8 Å². The molecule has 158 valence electrons. The third-order valence-electron chi connectivity index (χ3n) is 5.26. The van der Waals surface area contributed by atoms with Gasteiger partial charge < -0.3 is 24.3 Å². The standard InChI is InChI=1S/C22H27N5O3/c1-26-15-24-19-14-18(25-21(20(19)22(26)28)23-8-3-11-29-2)16-4-6-17(7-5-16)27-9-12-30-13-10-27/h4-7,14-15H,3,8-13H2,1-2H3,(H,23,25). The fourth-order valence-corrected chi connectivity index (χ4v) is 3.59. The Balaban J connectivity index is 1.68. The summed E-state index contributed by atoms with van der Waals surface area (Å²) in [5.41, 5.74) is 3.46. The Labute approximate surface area is 175 Å². The van der Waals surface area contributed by atoms with Crippen molar-refractivity contribution in [1.29, 1.82) is 0 Å². The summed E-state index contributed by atoms with van der Waals surface area (Å²) in [6, 6.07) is 10.2. The molecule has 30 heavy (non-hydrogen) atoms. The summed E-state index contributed by atoms with van der Waals surface area (Å²) < 4.78 is 12.0. The van der Waals surface area contributed by atoms with E-state index in [0.29, 0.717) is 29.9 Å². The molecule has 1 fully saturated rings. The molecule has 3 heterocycles. The van der Waals surface area contributed by atoms with Crippen molar-refractivity contribution < 1.29 is 9.47 Å². The molecular formula is C22H27N5O3. The van der Waals surface area contributed by atoms with Crippen LogP contribution >= 0.6 is 0 Å². The molecule has 0 radical (unpaired) electrons. The Morgan fingerprint density at radius 1 is 1.20 bits per heavy atom. The summed E-state index contributed by atoms with van der Waals surface area (Å²) in [6.07, 6.45) is 2.36. The van der Waals surface area contributed by atoms with Crippen LogP contribution in [0.15, 0.2) is 41.5 Å². The van der Waals surface area contributed by atoms with Gasteiger partial charge in [-0.3, -0.25) is 4.79 Å². The van der Waals surface area contributed by atoms with Crippen LogP contribution < -0.4 is 15.8 Å². The highest BCUT2D eigenvalue weighted by atomic mass is 16.5. The van der Waals surface area contributed by atoms with Gasteiger partial charge in [0.15, 0.2) is 0 Å². The molecule has 0 unspecified atom stereocenters. The second-order valence-electron chi connectivity index (χ2n) is 7.33. The van der Waals surface area contributed by atoms with Crippen LogP contribution in [0.25, 0.3) is 22.2 Å². The minimum atomic E-state index is -0.115. The predicted molar refractivity (Wildman–Crippen MR) is 118 cm³/mol. The van der Waals surface area contributed by atoms with Crippen LogP contribution in [0.5, 0.6) is 0 Å². The fraction of sp³-hybridized carbons (Fsp3) is 0.409. The molecule has 8 heteroatoms. The quantitative estimate of drug-likeness (QED) is 0.600. The smallest absolute Gasteiger partial charge is 0.264 e. The van der Waals surface area contributed by atoms with Crippen molar-refractivity contribution >= 4 is 22.4 Å². The van der Waals surface area contributed by atoms with E-state index >= 15 is 0 Å². The first-order valence-electron chi connectivity index (χ1n) is 10.2. The molecule has 0 spiro atoms. The van der Waals surface area contributed by atoms with Crippen molar-refractivity contribution in [3.63, 3.8) is 0 Å². The van der Waals surface area contributed by atoms with E-state index in [1.54, 1.807) is 20.5 Å². The van der Waals surface area contributed by atoms with Crippen molar-refractivity contribution in [2.24, 2.45) is 7.05 Å². The van der Waals surface area contributed by atoms with Gasteiger partial charge in [0.2, 0.25) is 0 Å². The highest BCUT2D eigenvalue weighted by Gasteiger charge is 2.14. The van der Waals surface area contributed by atoms with E-state index in [9.17, 15) is 4.79 Å². The molecule has 1 saturated heterocycles. The van der Waals surface area contributed by atoms with E-state index in [0.717, 1.165) is 44.0 Å². The van der Waals surface area contributed by atoms with Crippen LogP contribution in [0.1, 0.15) is 6.42 Å². The van der Waals surface area contributed by atoms with Crippen molar-refractivity contribution in [3.8, 4) is 11.3 Å². The largest absolute Gasteiger partial charge is 0.385 e. The highest BCUT2D eigenvalue weighted by Crippen LogP contribution is 2.27. The Bertz CT molecular complexity index is 1060. The van der Waals surface area contributed by atoms with Crippen LogP contribution in [0.4, 0.5) is 11.5 Å². The summed E-state index contributed by atoms with van der Waals surface area (Å²) >= 11 is 0. The maximum absolute atomic E-state index is 12.7. The Kier molecular flexibility index (Phi) is 6.25. The van der Waals surface area contributed by atoms with Gasteiger partial charge in [-0.2, -0.15) is 0 Å². The van der Waals surface area contributed by atoms with Crippen LogP contribution in [-0.2, 0) is 16.5 Å². The van der Waals surface area contributed by atoms with Crippen LogP contribution in [0.3, 0.4) is 0 Å². The molecule has 1 aliphatic rings. The number of aromatic nitrogens is 3. The number of benzene rings is 1.